The molecule has 2 aliphatic rings. The summed E-state index contributed by atoms with van der Waals surface area (Å²) in [4.78, 5) is 8.28. The van der Waals surface area contributed by atoms with E-state index >= 15 is 0 Å². The molecule has 1 atom stereocenters. The first-order valence-electron chi connectivity index (χ1n) is 6.46. The minimum Gasteiger partial charge on any atom is -0.376 e. The molecular formula is C14H18N2OS. The maximum Gasteiger partial charge on any atom is 0.164 e. The maximum absolute atomic E-state index is 5.61. The summed E-state index contributed by atoms with van der Waals surface area (Å²) in [5.41, 5.74) is 1.39. The largest absolute Gasteiger partial charge is 0.376 e. The van der Waals surface area contributed by atoms with E-state index in [9.17, 15) is 0 Å². The maximum atomic E-state index is 5.61. The third-order valence-electron chi connectivity index (χ3n) is 3.36. The highest BCUT2D eigenvalue weighted by atomic mass is 32.2. The zero-order chi connectivity index (χ0) is 12.4. The molecule has 0 amide bonds. The lowest BCUT2D eigenvalue weighted by atomic mass is 10.2. The predicted molar refractivity (Wildman–Crippen MR) is 75.0 cm³/mol. The van der Waals surface area contributed by atoms with Crippen molar-refractivity contribution in [1.29, 1.82) is 0 Å². The van der Waals surface area contributed by atoms with E-state index in [1.165, 1.54) is 16.9 Å². The van der Waals surface area contributed by atoms with Gasteiger partial charge in [0.2, 0.25) is 0 Å². The molecule has 2 aliphatic heterocycles. The Kier molecular flexibility index (Phi) is 3.57. The predicted octanol–water partition coefficient (Wildman–Crippen LogP) is 2.76. The highest BCUT2D eigenvalue weighted by molar-refractivity contribution is 8.13. The van der Waals surface area contributed by atoms with E-state index in [2.05, 4.69) is 36.2 Å². The van der Waals surface area contributed by atoms with Gasteiger partial charge in [0.25, 0.3) is 0 Å². The van der Waals surface area contributed by atoms with Gasteiger partial charge in [-0.15, -0.1) is 0 Å². The smallest absolute Gasteiger partial charge is 0.164 e. The normalized spacial score (nSPS) is 25.5. The number of hydrogen-bond acceptors (Lipinski definition) is 3. The fraction of sp³-hybridized carbons (Fsp3) is 0.500. The van der Waals surface area contributed by atoms with Crippen LogP contribution in [0.3, 0.4) is 0 Å². The van der Waals surface area contributed by atoms with E-state index in [1.54, 1.807) is 11.8 Å². The number of fused-ring (bicyclic) bond motifs is 1. The fourth-order valence-corrected chi connectivity index (χ4v) is 3.32. The Morgan fingerprint density at radius 3 is 3.17 bits per heavy atom. The van der Waals surface area contributed by atoms with Crippen molar-refractivity contribution >= 4 is 16.9 Å². The minimum atomic E-state index is 0.337. The van der Waals surface area contributed by atoms with E-state index < -0.39 is 0 Å². The summed E-state index contributed by atoms with van der Waals surface area (Å²) in [6.45, 7) is 2.66. The van der Waals surface area contributed by atoms with Crippen LogP contribution in [0.2, 0.25) is 0 Å². The second-order valence-corrected chi connectivity index (χ2v) is 5.83. The van der Waals surface area contributed by atoms with Gasteiger partial charge in [0, 0.05) is 25.1 Å². The van der Waals surface area contributed by atoms with E-state index in [0.717, 1.165) is 31.3 Å². The first-order chi connectivity index (χ1) is 8.83. The third kappa shape index (κ3) is 2.54. The number of thioether (sulfide) groups is 1. The molecule has 4 heteroatoms. The molecule has 1 unspecified atom stereocenters. The molecule has 0 radical (unpaired) electrons. The Bertz CT molecular complexity index is 455. The van der Waals surface area contributed by atoms with Gasteiger partial charge < -0.3 is 9.64 Å². The Morgan fingerprint density at radius 2 is 2.33 bits per heavy atom. The topological polar surface area (TPSA) is 24.8 Å². The van der Waals surface area contributed by atoms with Crippen LogP contribution in [0.1, 0.15) is 18.4 Å². The van der Waals surface area contributed by atoms with Gasteiger partial charge in [-0.2, -0.15) is 0 Å². The van der Waals surface area contributed by atoms with Crippen LogP contribution in [0.5, 0.6) is 0 Å². The number of rotatable bonds is 2. The molecule has 0 bridgehead atoms. The Morgan fingerprint density at radius 1 is 1.44 bits per heavy atom. The molecular weight excluding hydrogens is 244 g/mol. The Labute approximate surface area is 112 Å². The van der Waals surface area contributed by atoms with E-state index in [4.69, 9.17) is 9.73 Å². The van der Waals surface area contributed by atoms with Crippen LogP contribution in [-0.4, -0.2) is 36.4 Å². The monoisotopic (exact) mass is 262 g/mol. The van der Waals surface area contributed by atoms with E-state index in [0.29, 0.717) is 6.10 Å². The molecule has 3 rings (SSSR count). The van der Waals surface area contributed by atoms with Gasteiger partial charge in [-0.3, -0.25) is 4.99 Å². The summed E-state index contributed by atoms with van der Waals surface area (Å²) in [5, 5.41) is 1.12. The van der Waals surface area contributed by atoms with Crippen molar-refractivity contribution in [2.75, 3.05) is 20.2 Å². The van der Waals surface area contributed by atoms with Gasteiger partial charge in [-0.1, -0.05) is 30.0 Å². The van der Waals surface area contributed by atoms with Crippen molar-refractivity contribution in [3.8, 4) is 0 Å². The quantitative estimate of drug-likeness (QED) is 0.819. The van der Waals surface area contributed by atoms with Gasteiger partial charge in [-0.25, -0.2) is 0 Å². The van der Waals surface area contributed by atoms with Crippen LogP contribution in [0, 0.1) is 0 Å². The lowest BCUT2D eigenvalue weighted by Gasteiger charge is -2.27. The van der Waals surface area contributed by atoms with Gasteiger partial charge >= 0.3 is 0 Å². The zero-order valence-electron chi connectivity index (χ0n) is 10.6. The molecule has 0 N–H and O–H groups in total. The number of ether oxygens (including phenoxy) is 1. The summed E-state index contributed by atoms with van der Waals surface area (Å²) in [7, 11) is 2.11. The molecule has 0 saturated carbocycles. The second-order valence-electron chi connectivity index (χ2n) is 4.82. The van der Waals surface area contributed by atoms with E-state index in [-0.39, 0.29) is 0 Å². The summed E-state index contributed by atoms with van der Waals surface area (Å²) in [5.74, 6) is 0. The lowest BCUT2D eigenvalue weighted by Crippen LogP contribution is -2.28. The van der Waals surface area contributed by atoms with Crippen molar-refractivity contribution in [3.63, 3.8) is 0 Å². The van der Waals surface area contributed by atoms with Gasteiger partial charge in [-0.05, 0) is 24.5 Å². The molecule has 3 nitrogen and oxygen atoms in total. The van der Waals surface area contributed by atoms with Crippen LogP contribution >= 0.6 is 11.8 Å². The van der Waals surface area contributed by atoms with Crippen LogP contribution < -0.4 is 0 Å². The molecule has 1 aromatic carbocycles. The summed E-state index contributed by atoms with van der Waals surface area (Å²) < 4.78 is 5.61. The van der Waals surface area contributed by atoms with Crippen LogP contribution in [-0.2, 0) is 11.3 Å². The van der Waals surface area contributed by atoms with Crippen molar-refractivity contribution in [3.05, 3.63) is 29.8 Å². The van der Waals surface area contributed by atoms with Crippen molar-refractivity contribution < 1.29 is 4.74 Å². The minimum absolute atomic E-state index is 0.337. The van der Waals surface area contributed by atoms with Gasteiger partial charge in [0.1, 0.15) is 0 Å². The average molecular weight is 262 g/mol. The van der Waals surface area contributed by atoms with Crippen LogP contribution in [0.15, 0.2) is 34.2 Å². The number of benzene rings is 1. The van der Waals surface area contributed by atoms with Gasteiger partial charge in [0.15, 0.2) is 5.17 Å². The van der Waals surface area contributed by atoms with Crippen LogP contribution in [0.25, 0.3) is 0 Å². The Hall–Kier alpha value is -1.00. The average Bonchev–Trinajstić information content (AvgIpc) is 2.89. The summed E-state index contributed by atoms with van der Waals surface area (Å²) in [6.07, 6.45) is 2.67. The SMILES string of the molecule is CN1Cc2ccccc2SC1=NCC1CCCO1. The molecule has 1 aromatic rings. The molecule has 0 aliphatic carbocycles. The number of nitrogens with zero attached hydrogens (tertiary/aromatic N) is 2. The number of aliphatic imine (C=N–C) groups is 1. The Balaban J connectivity index is 1.71. The summed E-state index contributed by atoms with van der Waals surface area (Å²) >= 11 is 1.77. The van der Waals surface area contributed by atoms with Crippen molar-refractivity contribution in [2.45, 2.75) is 30.4 Å². The first-order valence-corrected chi connectivity index (χ1v) is 7.27. The standard InChI is InChI=1S/C14H18N2OS/c1-16-10-11-5-2-3-7-13(11)18-14(16)15-9-12-6-4-8-17-12/h2-3,5,7,12H,4,6,8-10H2,1H3. The molecule has 1 saturated heterocycles. The number of amidine groups is 1. The highest BCUT2D eigenvalue weighted by Gasteiger charge is 2.20. The molecule has 1 fully saturated rings. The summed E-state index contributed by atoms with van der Waals surface area (Å²) in [6, 6.07) is 8.56. The van der Waals surface area contributed by atoms with Gasteiger partial charge in [0.05, 0.1) is 12.6 Å². The van der Waals surface area contributed by atoms with Crippen molar-refractivity contribution in [1.82, 2.24) is 4.90 Å². The van der Waals surface area contributed by atoms with E-state index in [1.807, 2.05) is 0 Å². The molecule has 2 heterocycles. The first kappa shape index (κ1) is 12.1. The number of hydrogen-bond donors (Lipinski definition) is 0. The molecule has 18 heavy (non-hydrogen) atoms. The molecule has 0 aromatic heterocycles. The second kappa shape index (κ2) is 5.33. The highest BCUT2D eigenvalue weighted by Crippen LogP contribution is 2.31. The molecule has 96 valence electrons. The fourth-order valence-electron chi connectivity index (χ4n) is 2.35. The molecule has 0 spiro atoms. The van der Waals surface area contributed by atoms with Crippen molar-refractivity contribution in [2.24, 2.45) is 4.99 Å². The third-order valence-corrected chi connectivity index (χ3v) is 4.60. The van der Waals surface area contributed by atoms with Crippen LogP contribution in [0.4, 0.5) is 0 Å². The lowest BCUT2D eigenvalue weighted by molar-refractivity contribution is 0.117. The zero-order valence-corrected chi connectivity index (χ0v) is 11.4.